The van der Waals surface area contributed by atoms with Crippen LogP contribution in [0, 0.1) is 0 Å². The lowest BCUT2D eigenvalue weighted by Crippen LogP contribution is -2.35. The topological polar surface area (TPSA) is 51.0 Å². The van der Waals surface area contributed by atoms with Gasteiger partial charge in [0.25, 0.3) is 0 Å². The molecule has 0 aromatic carbocycles. The van der Waals surface area contributed by atoms with Gasteiger partial charge >= 0.3 is 5.97 Å². The van der Waals surface area contributed by atoms with E-state index >= 15 is 0 Å². The maximum atomic E-state index is 10.7. The van der Waals surface area contributed by atoms with Crippen LogP contribution >= 0.6 is 0 Å². The average molecular weight is 206 g/mol. The fraction of sp³-hybridized carbons (Fsp3) is 0.300. The maximum absolute atomic E-state index is 10.7. The Morgan fingerprint density at radius 1 is 1.60 bits per heavy atom. The van der Waals surface area contributed by atoms with Crippen molar-refractivity contribution in [3.05, 3.63) is 23.8 Å². The first-order valence-electron chi connectivity index (χ1n) is 4.61. The number of carbonyl (C=O) groups excluding carboxylic acids is 1. The van der Waals surface area contributed by atoms with E-state index in [0.29, 0.717) is 4.48 Å². The molecule has 78 valence electrons. The van der Waals surface area contributed by atoms with Gasteiger partial charge in [0.1, 0.15) is 18.5 Å². The molecule has 2 aliphatic heterocycles. The van der Waals surface area contributed by atoms with Crippen LogP contribution in [0.1, 0.15) is 6.92 Å². The van der Waals surface area contributed by atoms with Gasteiger partial charge in [-0.2, -0.15) is 4.99 Å². The Balaban J connectivity index is 2.22. The van der Waals surface area contributed by atoms with Gasteiger partial charge in [0.15, 0.2) is 12.0 Å². The molecule has 2 rings (SSSR count). The Kier molecular flexibility index (Phi) is 2.24. The Morgan fingerprint density at radius 3 is 3.13 bits per heavy atom. The molecule has 0 aromatic heterocycles. The second-order valence-corrected chi connectivity index (χ2v) is 3.58. The van der Waals surface area contributed by atoms with Crippen LogP contribution in [-0.2, 0) is 9.53 Å². The lowest BCUT2D eigenvalue weighted by Gasteiger charge is -2.22. The first-order chi connectivity index (χ1) is 7.12. The highest BCUT2D eigenvalue weighted by molar-refractivity contribution is 5.83. The molecule has 0 aromatic rings. The van der Waals surface area contributed by atoms with Gasteiger partial charge in [0, 0.05) is 6.92 Å². The summed E-state index contributed by atoms with van der Waals surface area (Å²) in [5, 5.41) is 0. The SMILES string of the molecule is CC(=O)OCC1=C2C=NC=C[N+]2(C)C=N1. The summed E-state index contributed by atoms with van der Waals surface area (Å²) < 4.78 is 5.40. The van der Waals surface area contributed by atoms with Crippen LogP contribution in [0.5, 0.6) is 0 Å². The average Bonchev–Trinajstić information content (AvgIpc) is 2.52. The lowest BCUT2D eigenvalue weighted by molar-refractivity contribution is -0.706. The van der Waals surface area contributed by atoms with E-state index in [1.54, 1.807) is 18.8 Å². The number of rotatable bonds is 2. The first kappa shape index (κ1) is 9.79. The number of allylic oxidation sites excluding steroid dienone is 1. The van der Waals surface area contributed by atoms with Crippen molar-refractivity contribution in [2.75, 3.05) is 13.7 Å². The number of ether oxygens (including phenoxy) is 1. The molecule has 5 heteroatoms. The van der Waals surface area contributed by atoms with Crippen molar-refractivity contribution in [2.24, 2.45) is 9.98 Å². The molecule has 0 saturated carbocycles. The largest absolute Gasteiger partial charge is 0.459 e. The van der Waals surface area contributed by atoms with Gasteiger partial charge in [-0.3, -0.25) is 9.79 Å². The van der Waals surface area contributed by atoms with Gasteiger partial charge in [-0.05, 0) is 0 Å². The molecular formula is C10H12N3O2+. The zero-order valence-electron chi connectivity index (χ0n) is 8.67. The Labute approximate surface area is 87.7 Å². The normalized spacial score (nSPS) is 27.1. The fourth-order valence-electron chi connectivity index (χ4n) is 1.49. The van der Waals surface area contributed by atoms with Gasteiger partial charge in [-0.1, -0.05) is 0 Å². The van der Waals surface area contributed by atoms with Crippen LogP contribution in [0.15, 0.2) is 33.8 Å². The summed E-state index contributed by atoms with van der Waals surface area (Å²) in [6, 6.07) is 0. The van der Waals surface area contributed by atoms with Crippen molar-refractivity contribution in [3.8, 4) is 0 Å². The smallest absolute Gasteiger partial charge is 0.303 e. The summed E-state index contributed by atoms with van der Waals surface area (Å²) >= 11 is 0. The highest BCUT2D eigenvalue weighted by atomic mass is 16.5. The molecule has 2 aliphatic rings. The third kappa shape index (κ3) is 1.73. The van der Waals surface area contributed by atoms with E-state index in [1.165, 1.54) is 6.92 Å². The predicted octanol–water partition coefficient (Wildman–Crippen LogP) is 0.805. The molecule has 1 atom stereocenters. The van der Waals surface area contributed by atoms with Gasteiger partial charge in [0.05, 0.1) is 19.5 Å². The zero-order chi connectivity index (χ0) is 10.9. The molecule has 2 heterocycles. The third-order valence-electron chi connectivity index (χ3n) is 2.34. The number of carbonyl (C=O) groups is 1. The van der Waals surface area contributed by atoms with Crippen molar-refractivity contribution >= 4 is 18.5 Å². The minimum Gasteiger partial charge on any atom is -0.459 e. The second-order valence-electron chi connectivity index (χ2n) is 3.58. The monoisotopic (exact) mass is 206 g/mol. The van der Waals surface area contributed by atoms with Gasteiger partial charge < -0.3 is 4.74 Å². The molecule has 1 unspecified atom stereocenters. The van der Waals surface area contributed by atoms with Crippen molar-refractivity contribution < 1.29 is 14.0 Å². The quantitative estimate of drug-likeness (QED) is 0.495. The minimum absolute atomic E-state index is 0.203. The highest BCUT2D eigenvalue weighted by Gasteiger charge is 2.33. The van der Waals surface area contributed by atoms with Crippen molar-refractivity contribution in [2.45, 2.75) is 6.92 Å². The third-order valence-corrected chi connectivity index (χ3v) is 2.34. The van der Waals surface area contributed by atoms with Crippen LogP contribution in [0.2, 0.25) is 0 Å². The van der Waals surface area contributed by atoms with E-state index in [2.05, 4.69) is 9.98 Å². The van der Waals surface area contributed by atoms with E-state index < -0.39 is 0 Å². The lowest BCUT2D eigenvalue weighted by atomic mass is 10.3. The van der Waals surface area contributed by atoms with Crippen molar-refractivity contribution in [3.63, 3.8) is 0 Å². The van der Waals surface area contributed by atoms with Crippen molar-refractivity contribution in [1.29, 1.82) is 0 Å². The van der Waals surface area contributed by atoms with Gasteiger partial charge in [-0.15, -0.1) is 0 Å². The number of hydrogen-bond acceptors (Lipinski definition) is 4. The maximum Gasteiger partial charge on any atom is 0.303 e. The van der Waals surface area contributed by atoms with Crippen LogP contribution < -0.4 is 0 Å². The number of nitrogens with zero attached hydrogens (tertiary/aromatic N) is 3. The summed E-state index contributed by atoms with van der Waals surface area (Å²) in [7, 11) is 1.99. The standard InChI is InChI=1S/C10H12N3O2/c1-8(14)15-6-9-10-5-11-3-4-13(10,2)7-12-9/h3-5,7H,6H2,1-2H3/q+1. The summed E-state index contributed by atoms with van der Waals surface area (Å²) in [5.74, 6) is -0.303. The number of hydrogen-bond donors (Lipinski definition) is 0. The molecule has 15 heavy (non-hydrogen) atoms. The zero-order valence-corrected chi connectivity index (χ0v) is 8.67. The highest BCUT2D eigenvalue weighted by Crippen LogP contribution is 2.25. The summed E-state index contributed by atoms with van der Waals surface area (Å²) in [6.45, 7) is 1.58. The van der Waals surface area contributed by atoms with Gasteiger partial charge in [0.2, 0.25) is 0 Å². The number of quaternary nitrogens is 1. The van der Waals surface area contributed by atoms with Crippen LogP contribution in [0.3, 0.4) is 0 Å². The molecule has 0 spiro atoms. The van der Waals surface area contributed by atoms with Crippen LogP contribution in [0.25, 0.3) is 0 Å². The molecule has 0 radical (unpaired) electrons. The minimum atomic E-state index is -0.303. The number of esters is 1. The summed E-state index contributed by atoms with van der Waals surface area (Å²) in [4.78, 5) is 19.0. The van der Waals surface area contributed by atoms with E-state index in [9.17, 15) is 4.79 Å². The van der Waals surface area contributed by atoms with Crippen LogP contribution in [-0.4, -0.2) is 36.7 Å². The van der Waals surface area contributed by atoms with E-state index in [0.717, 1.165) is 11.4 Å². The van der Waals surface area contributed by atoms with E-state index in [-0.39, 0.29) is 12.6 Å². The van der Waals surface area contributed by atoms with E-state index in [1.807, 2.05) is 13.2 Å². The van der Waals surface area contributed by atoms with Crippen molar-refractivity contribution in [1.82, 2.24) is 0 Å². The molecule has 0 fully saturated rings. The molecule has 0 bridgehead atoms. The first-order valence-corrected chi connectivity index (χ1v) is 4.61. The summed E-state index contributed by atoms with van der Waals surface area (Å²) in [5.41, 5.74) is 1.69. The number of aliphatic imine (C=N–C) groups is 2. The Hall–Kier alpha value is -1.75. The number of fused-ring (bicyclic) bond motifs is 1. The molecule has 5 nitrogen and oxygen atoms in total. The molecule has 0 saturated heterocycles. The molecule has 0 N–H and O–H groups in total. The molecule has 0 aliphatic carbocycles. The molecule has 0 amide bonds. The molecular weight excluding hydrogens is 194 g/mol. The van der Waals surface area contributed by atoms with Crippen LogP contribution in [0.4, 0.5) is 0 Å². The van der Waals surface area contributed by atoms with E-state index in [4.69, 9.17) is 4.74 Å². The van der Waals surface area contributed by atoms with Gasteiger partial charge in [-0.25, -0.2) is 4.48 Å². The fourth-order valence-corrected chi connectivity index (χ4v) is 1.49. The second kappa shape index (κ2) is 3.43. The Bertz CT molecular complexity index is 420. The Morgan fingerprint density at radius 2 is 2.40 bits per heavy atom. The predicted molar refractivity (Wildman–Crippen MR) is 56.0 cm³/mol. The summed E-state index contributed by atoms with van der Waals surface area (Å²) in [6.07, 6.45) is 7.17.